The first-order chi connectivity index (χ1) is 14.8. The van der Waals surface area contributed by atoms with Crippen LogP contribution < -0.4 is 9.64 Å². The average Bonchev–Trinajstić information content (AvgIpc) is 3.28. The van der Waals surface area contributed by atoms with Crippen molar-refractivity contribution in [2.75, 3.05) is 12.0 Å². The summed E-state index contributed by atoms with van der Waals surface area (Å²) in [6, 6.07) is 9.61. The monoisotopic (exact) mass is 441 g/mol. The molecule has 5 nitrogen and oxygen atoms in total. The number of thiophene rings is 1. The molecule has 1 aliphatic rings. The third-order valence-corrected chi connectivity index (χ3v) is 6.17. The van der Waals surface area contributed by atoms with Gasteiger partial charge in [-0.15, -0.1) is 11.3 Å². The Bertz CT molecular complexity index is 1230. The molecule has 1 aromatic heterocycles. The van der Waals surface area contributed by atoms with Gasteiger partial charge in [-0.05, 0) is 60.3 Å². The van der Waals surface area contributed by atoms with E-state index in [-0.39, 0.29) is 22.6 Å². The molecule has 1 unspecified atom stereocenters. The van der Waals surface area contributed by atoms with Gasteiger partial charge < -0.3 is 9.84 Å². The zero-order valence-corrected chi connectivity index (χ0v) is 17.4. The number of hydrogen-bond donors (Lipinski definition) is 1. The van der Waals surface area contributed by atoms with Crippen molar-refractivity contribution in [3.63, 3.8) is 0 Å². The van der Waals surface area contributed by atoms with Crippen LogP contribution in [0.25, 0.3) is 5.76 Å². The standard InChI is InChI=1S/C23H17F2NO4S/c1-12-8-9-31-22(12)19-18(20(27)16-11-14(25)6-7-17(16)30-2)21(28)23(29)26(19)15-5-3-4-13(24)10-15/h3-11,19,27H,1-2H3/b20-18-. The maximum Gasteiger partial charge on any atom is 0.300 e. The molecule has 8 heteroatoms. The van der Waals surface area contributed by atoms with Crippen LogP contribution >= 0.6 is 11.3 Å². The number of aliphatic hydroxyl groups excluding tert-OH is 1. The number of amides is 1. The summed E-state index contributed by atoms with van der Waals surface area (Å²) in [7, 11) is 1.34. The molecular weight excluding hydrogens is 424 g/mol. The first-order valence-electron chi connectivity index (χ1n) is 9.28. The van der Waals surface area contributed by atoms with Crippen LogP contribution in [-0.2, 0) is 9.59 Å². The Morgan fingerprint density at radius 2 is 1.84 bits per heavy atom. The molecule has 3 aromatic rings. The lowest BCUT2D eigenvalue weighted by molar-refractivity contribution is -0.132. The van der Waals surface area contributed by atoms with Crippen LogP contribution in [0.3, 0.4) is 0 Å². The Kier molecular flexibility index (Phi) is 5.32. The lowest BCUT2D eigenvalue weighted by Crippen LogP contribution is -2.29. The van der Waals surface area contributed by atoms with E-state index in [9.17, 15) is 23.5 Å². The molecule has 1 N–H and O–H groups in total. The van der Waals surface area contributed by atoms with Crippen molar-refractivity contribution in [1.82, 2.24) is 0 Å². The van der Waals surface area contributed by atoms with Crippen molar-refractivity contribution in [3.8, 4) is 5.75 Å². The number of methoxy groups -OCH3 is 1. The fourth-order valence-corrected chi connectivity index (χ4v) is 4.67. The molecule has 1 atom stereocenters. The van der Waals surface area contributed by atoms with Gasteiger partial charge in [-0.3, -0.25) is 14.5 Å². The van der Waals surface area contributed by atoms with Crippen molar-refractivity contribution in [3.05, 3.63) is 87.1 Å². The highest BCUT2D eigenvalue weighted by Gasteiger charge is 2.48. The Balaban J connectivity index is 2.00. The second-order valence-electron chi connectivity index (χ2n) is 6.96. The third kappa shape index (κ3) is 3.48. The molecule has 2 heterocycles. The molecule has 2 aromatic carbocycles. The molecule has 4 rings (SSSR count). The summed E-state index contributed by atoms with van der Waals surface area (Å²) in [6.07, 6.45) is 0. The summed E-state index contributed by atoms with van der Waals surface area (Å²) in [5, 5.41) is 12.9. The van der Waals surface area contributed by atoms with Crippen molar-refractivity contribution in [1.29, 1.82) is 0 Å². The molecule has 1 aliphatic heterocycles. The zero-order chi connectivity index (χ0) is 22.3. The maximum absolute atomic E-state index is 13.9. The number of nitrogens with zero attached hydrogens (tertiary/aromatic N) is 1. The third-order valence-electron chi connectivity index (χ3n) is 5.10. The van der Waals surface area contributed by atoms with E-state index in [2.05, 4.69) is 0 Å². The maximum atomic E-state index is 13.9. The van der Waals surface area contributed by atoms with Crippen LogP contribution in [0.5, 0.6) is 5.75 Å². The number of halogens is 2. The smallest absolute Gasteiger partial charge is 0.300 e. The van der Waals surface area contributed by atoms with Gasteiger partial charge >= 0.3 is 0 Å². The van der Waals surface area contributed by atoms with E-state index in [1.807, 2.05) is 6.07 Å². The topological polar surface area (TPSA) is 66.8 Å². The fraction of sp³-hybridized carbons (Fsp3) is 0.130. The molecule has 1 saturated heterocycles. The number of Topliss-reactive ketones (excluding diaryl/α,β-unsaturated/α-hetero) is 1. The summed E-state index contributed by atoms with van der Waals surface area (Å²) in [6.45, 7) is 1.81. The molecule has 158 valence electrons. The lowest BCUT2D eigenvalue weighted by atomic mass is 9.97. The summed E-state index contributed by atoms with van der Waals surface area (Å²) in [5.74, 6) is -3.52. The number of anilines is 1. The quantitative estimate of drug-likeness (QED) is 0.353. The van der Waals surface area contributed by atoms with Crippen LogP contribution in [0.2, 0.25) is 0 Å². The Morgan fingerprint density at radius 1 is 1.10 bits per heavy atom. The van der Waals surface area contributed by atoms with Crippen LogP contribution in [-0.4, -0.2) is 23.9 Å². The Morgan fingerprint density at radius 3 is 2.48 bits per heavy atom. The molecule has 0 spiro atoms. The van der Waals surface area contributed by atoms with Crippen LogP contribution in [0.4, 0.5) is 14.5 Å². The lowest BCUT2D eigenvalue weighted by Gasteiger charge is -2.25. The van der Waals surface area contributed by atoms with Gasteiger partial charge in [-0.25, -0.2) is 8.78 Å². The summed E-state index contributed by atoms with van der Waals surface area (Å²) in [5.41, 5.74) is 0.684. The number of rotatable bonds is 4. The van der Waals surface area contributed by atoms with Gasteiger partial charge in [0.15, 0.2) is 0 Å². The highest BCUT2D eigenvalue weighted by atomic mass is 32.1. The summed E-state index contributed by atoms with van der Waals surface area (Å²) < 4.78 is 33.1. The minimum atomic E-state index is -1.00. The fourth-order valence-electron chi connectivity index (χ4n) is 3.65. The Labute approximate surface area is 180 Å². The predicted octanol–water partition coefficient (Wildman–Crippen LogP) is 4.97. The van der Waals surface area contributed by atoms with E-state index in [4.69, 9.17) is 4.74 Å². The van der Waals surface area contributed by atoms with Crippen molar-refractivity contribution in [2.45, 2.75) is 13.0 Å². The van der Waals surface area contributed by atoms with Crippen molar-refractivity contribution in [2.24, 2.45) is 0 Å². The summed E-state index contributed by atoms with van der Waals surface area (Å²) >= 11 is 1.29. The number of aliphatic hydroxyl groups is 1. The number of ketones is 1. The largest absolute Gasteiger partial charge is 0.507 e. The number of ether oxygens (including phenoxy) is 1. The first-order valence-corrected chi connectivity index (χ1v) is 10.2. The number of aryl methyl sites for hydroxylation is 1. The van der Waals surface area contributed by atoms with Gasteiger partial charge in [0.05, 0.1) is 18.2 Å². The van der Waals surface area contributed by atoms with E-state index >= 15 is 0 Å². The molecule has 0 radical (unpaired) electrons. The van der Waals surface area contributed by atoms with Crippen LogP contribution in [0.15, 0.2) is 59.5 Å². The second kappa shape index (κ2) is 7.96. The molecule has 0 bridgehead atoms. The molecular formula is C23H17F2NO4S. The van der Waals surface area contributed by atoms with E-state index in [1.54, 1.807) is 12.3 Å². The highest BCUT2D eigenvalue weighted by molar-refractivity contribution is 7.10. The number of carbonyl (C=O) groups is 2. The van der Waals surface area contributed by atoms with E-state index < -0.39 is 35.1 Å². The number of carbonyl (C=O) groups excluding carboxylic acids is 2. The normalized spacial score (nSPS) is 17.9. The average molecular weight is 441 g/mol. The van der Waals surface area contributed by atoms with Crippen molar-refractivity contribution >= 4 is 34.5 Å². The second-order valence-corrected chi connectivity index (χ2v) is 7.91. The highest BCUT2D eigenvalue weighted by Crippen LogP contribution is 2.45. The van der Waals surface area contributed by atoms with Gasteiger partial charge in [0, 0.05) is 10.6 Å². The first kappa shape index (κ1) is 20.7. The summed E-state index contributed by atoms with van der Waals surface area (Å²) in [4.78, 5) is 27.8. The van der Waals surface area contributed by atoms with E-state index in [0.717, 1.165) is 28.7 Å². The van der Waals surface area contributed by atoms with E-state index in [1.165, 1.54) is 42.7 Å². The van der Waals surface area contributed by atoms with Crippen LogP contribution in [0.1, 0.15) is 22.0 Å². The zero-order valence-electron chi connectivity index (χ0n) is 16.6. The number of benzene rings is 2. The van der Waals surface area contributed by atoms with Crippen molar-refractivity contribution < 1.29 is 28.2 Å². The Hall–Kier alpha value is -3.52. The van der Waals surface area contributed by atoms with Gasteiger partial charge in [0.2, 0.25) is 0 Å². The van der Waals surface area contributed by atoms with Gasteiger partial charge in [0.1, 0.15) is 29.2 Å². The molecule has 31 heavy (non-hydrogen) atoms. The number of hydrogen-bond acceptors (Lipinski definition) is 5. The SMILES string of the molecule is COc1ccc(F)cc1/C(O)=C1/C(=O)C(=O)N(c2cccc(F)c2)C1c1sccc1C. The molecule has 1 fully saturated rings. The minimum absolute atomic E-state index is 0.0565. The minimum Gasteiger partial charge on any atom is -0.507 e. The van der Waals surface area contributed by atoms with Gasteiger partial charge in [-0.2, -0.15) is 0 Å². The van der Waals surface area contributed by atoms with Crippen LogP contribution in [0, 0.1) is 18.6 Å². The van der Waals surface area contributed by atoms with Gasteiger partial charge in [0.25, 0.3) is 11.7 Å². The van der Waals surface area contributed by atoms with Gasteiger partial charge in [-0.1, -0.05) is 6.07 Å². The molecule has 1 amide bonds. The molecule has 0 saturated carbocycles. The predicted molar refractivity (Wildman–Crippen MR) is 113 cm³/mol. The molecule has 0 aliphatic carbocycles. The van der Waals surface area contributed by atoms with E-state index in [0.29, 0.717) is 4.88 Å².